The normalized spacial score (nSPS) is 16.4. The van der Waals surface area contributed by atoms with Gasteiger partial charge in [0, 0.05) is 23.2 Å². The summed E-state index contributed by atoms with van der Waals surface area (Å²) in [6.45, 7) is 0. The number of hydrogen-bond acceptors (Lipinski definition) is 8. The smallest absolute Gasteiger partial charge is 0.257 e. The van der Waals surface area contributed by atoms with Gasteiger partial charge < -0.3 is 29.6 Å². The van der Waals surface area contributed by atoms with Gasteiger partial charge in [-0.25, -0.2) is 0 Å². The van der Waals surface area contributed by atoms with Gasteiger partial charge in [-0.3, -0.25) is 20.2 Å². The molecular weight excluding hydrogens is 528 g/mol. The molecule has 0 saturated heterocycles. The maximum absolute atomic E-state index is 12.7. The summed E-state index contributed by atoms with van der Waals surface area (Å²) in [6.07, 6.45) is 3.62. The Morgan fingerprint density at radius 2 is 1.03 bits per heavy atom. The van der Waals surface area contributed by atoms with Gasteiger partial charge in [0.2, 0.25) is 0 Å². The third-order valence-corrected chi connectivity index (χ3v) is 6.58. The molecule has 0 heterocycles. The molecule has 2 aromatic rings. The highest BCUT2D eigenvalue weighted by Gasteiger charge is 2.27. The summed E-state index contributed by atoms with van der Waals surface area (Å²) in [7, 11) is 6.06. The number of carbonyl (C=O) groups excluding carboxylic acids is 2. The van der Waals surface area contributed by atoms with Crippen LogP contribution in [0.4, 0.5) is 0 Å². The molecule has 2 aromatic carbocycles. The zero-order chi connectivity index (χ0) is 27.7. The van der Waals surface area contributed by atoms with Crippen molar-refractivity contribution in [1.29, 1.82) is 0 Å². The molecule has 2 atom stereocenters. The van der Waals surface area contributed by atoms with E-state index in [1.165, 1.54) is 28.4 Å². The van der Waals surface area contributed by atoms with Crippen molar-refractivity contribution in [2.24, 2.45) is 0 Å². The SMILES string of the molecule is COc1ccc(C(=O)NC(=S)N[C@H]2CCCC[C@@H]2NC(=S)NC(=O)c2ccc(OC)c(OC)c2)cc1OC. The van der Waals surface area contributed by atoms with Crippen molar-refractivity contribution in [3.05, 3.63) is 47.5 Å². The molecule has 10 nitrogen and oxygen atoms in total. The van der Waals surface area contributed by atoms with Crippen LogP contribution in [0.1, 0.15) is 46.4 Å². The molecule has 0 bridgehead atoms. The van der Waals surface area contributed by atoms with Gasteiger partial charge in [-0.2, -0.15) is 0 Å². The highest BCUT2D eigenvalue weighted by Crippen LogP contribution is 2.28. The molecule has 1 fully saturated rings. The van der Waals surface area contributed by atoms with Crippen LogP contribution in [0.3, 0.4) is 0 Å². The maximum Gasteiger partial charge on any atom is 0.257 e. The molecule has 0 aliphatic heterocycles. The van der Waals surface area contributed by atoms with E-state index >= 15 is 0 Å². The Morgan fingerprint density at radius 1 is 0.658 bits per heavy atom. The van der Waals surface area contributed by atoms with E-state index in [0.717, 1.165) is 25.7 Å². The van der Waals surface area contributed by atoms with Crippen molar-refractivity contribution in [1.82, 2.24) is 21.3 Å². The van der Waals surface area contributed by atoms with E-state index in [4.69, 9.17) is 43.4 Å². The number of thiocarbonyl (C=S) groups is 2. The van der Waals surface area contributed by atoms with E-state index in [0.29, 0.717) is 34.1 Å². The van der Waals surface area contributed by atoms with Gasteiger partial charge in [-0.15, -0.1) is 0 Å². The molecule has 4 N–H and O–H groups in total. The number of amides is 2. The molecule has 1 saturated carbocycles. The van der Waals surface area contributed by atoms with Crippen molar-refractivity contribution in [3.63, 3.8) is 0 Å². The van der Waals surface area contributed by atoms with Crippen LogP contribution in [0.5, 0.6) is 23.0 Å². The van der Waals surface area contributed by atoms with Crippen LogP contribution in [0, 0.1) is 0 Å². The van der Waals surface area contributed by atoms with Crippen LogP contribution in [-0.4, -0.2) is 62.6 Å². The first-order valence-electron chi connectivity index (χ1n) is 12.0. The van der Waals surface area contributed by atoms with E-state index < -0.39 is 0 Å². The minimum atomic E-state index is -0.374. The largest absolute Gasteiger partial charge is 0.493 e. The fraction of sp³-hybridized carbons (Fsp3) is 0.385. The second kappa shape index (κ2) is 13.8. The number of methoxy groups -OCH3 is 4. The van der Waals surface area contributed by atoms with Gasteiger partial charge >= 0.3 is 0 Å². The standard InChI is InChI=1S/C26H32N4O6S2/c1-33-19-11-9-15(13-21(19)35-3)23(31)29-25(37)27-17-7-5-6-8-18(17)28-26(38)30-24(32)16-10-12-20(34-2)22(14-16)36-4/h9-14,17-18H,5-8H2,1-4H3,(H2,27,29,31,37)(H2,28,30,32,38)/t17-,18-/m0/s1. The van der Waals surface area contributed by atoms with E-state index in [1.807, 2.05) is 0 Å². The lowest BCUT2D eigenvalue weighted by atomic mass is 9.90. The molecule has 204 valence electrons. The molecule has 2 amide bonds. The lowest BCUT2D eigenvalue weighted by molar-refractivity contribution is 0.0966. The van der Waals surface area contributed by atoms with Gasteiger partial charge in [0.1, 0.15) is 0 Å². The van der Waals surface area contributed by atoms with Crippen LogP contribution >= 0.6 is 24.4 Å². The first-order valence-corrected chi connectivity index (χ1v) is 12.8. The molecule has 38 heavy (non-hydrogen) atoms. The lowest BCUT2D eigenvalue weighted by Gasteiger charge is -2.34. The minimum absolute atomic E-state index is 0.0992. The summed E-state index contributed by atoms with van der Waals surface area (Å²) in [5.74, 6) is 1.19. The minimum Gasteiger partial charge on any atom is -0.493 e. The highest BCUT2D eigenvalue weighted by atomic mass is 32.1. The molecule has 0 unspecified atom stereocenters. The predicted octanol–water partition coefficient (Wildman–Crippen LogP) is 2.94. The molecule has 1 aliphatic carbocycles. The number of nitrogens with one attached hydrogen (secondary N) is 4. The van der Waals surface area contributed by atoms with E-state index in [9.17, 15) is 9.59 Å². The fourth-order valence-corrected chi connectivity index (χ4v) is 4.68. The Balaban J connectivity index is 1.57. The zero-order valence-electron chi connectivity index (χ0n) is 21.7. The topological polar surface area (TPSA) is 119 Å². The summed E-state index contributed by atoms with van der Waals surface area (Å²) in [5.41, 5.74) is 0.758. The van der Waals surface area contributed by atoms with Crippen LogP contribution in [0.15, 0.2) is 36.4 Å². The molecular formula is C26H32N4O6S2. The van der Waals surface area contributed by atoms with Crippen molar-refractivity contribution < 1.29 is 28.5 Å². The van der Waals surface area contributed by atoms with Crippen molar-refractivity contribution >= 4 is 46.5 Å². The number of rotatable bonds is 8. The number of benzene rings is 2. The van der Waals surface area contributed by atoms with Crippen LogP contribution in [-0.2, 0) is 0 Å². The van der Waals surface area contributed by atoms with Gasteiger partial charge in [0.15, 0.2) is 33.2 Å². The third kappa shape index (κ3) is 7.45. The first kappa shape index (κ1) is 28.9. The summed E-state index contributed by atoms with van der Waals surface area (Å²) in [6, 6.07) is 9.54. The van der Waals surface area contributed by atoms with E-state index in [2.05, 4.69) is 21.3 Å². The molecule has 3 rings (SSSR count). The summed E-state index contributed by atoms with van der Waals surface area (Å²) in [5, 5.41) is 12.3. The summed E-state index contributed by atoms with van der Waals surface area (Å²) < 4.78 is 21.0. The van der Waals surface area contributed by atoms with Gasteiger partial charge in [0.05, 0.1) is 28.4 Å². The predicted molar refractivity (Wildman–Crippen MR) is 152 cm³/mol. The molecule has 12 heteroatoms. The highest BCUT2D eigenvalue weighted by molar-refractivity contribution is 7.80. The average molecular weight is 561 g/mol. The maximum atomic E-state index is 12.7. The number of ether oxygens (including phenoxy) is 4. The molecule has 1 aliphatic rings. The Kier molecular flexibility index (Phi) is 10.5. The third-order valence-electron chi connectivity index (χ3n) is 6.14. The first-order chi connectivity index (χ1) is 18.3. The second-order valence-electron chi connectivity index (χ2n) is 8.49. The Labute approximate surface area is 232 Å². The average Bonchev–Trinajstić information content (AvgIpc) is 2.92. The van der Waals surface area contributed by atoms with E-state index in [-0.39, 0.29) is 34.1 Å². The van der Waals surface area contributed by atoms with Gasteiger partial charge in [-0.05, 0) is 73.7 Å². The Hall–Kier alpha value is -3.64. The van der Waals surface area contributed by atoms with Crippen LogP contribution in [0.25, 0.3) is 0 Å². The Bertz CT molecular complexity index is 1100. The summed E-state index contributed by atoms with van der Waals surface area (Å²) >= 11 is 10.8. The molecule has 0 radical (unpaired) electrons. The fourth-order valence-electron chi connectivity index (χ4n) is 4.19. The number of hydrogen-bond donors (Lipinski definition) is 4. The van der Waals surface area contributed by atoms with Crippen molar-refractivity contribution in [2.75, 3.05) is 28.4 Å². The van der Waals surface area contributed by atoms with Crippen molar-refractivity contribution in [2.45, 2.75) is 37.8 Å². The van der Waals surface area contributed by atoms with Gasteiger partial charge in [0.25, 0.3) is 11.8 Å². The molecule has 0 aromatic heterocycles. The van der Waals surface area contributed by atoms with Crippen molar-refractivity contribution in [3.8, 4) is 23.0 Å². The lowest BCUT2D eigenvalue weighted by Crippen LogP contribution is -2.57. The quantitative estimate of drug-likeness (QED) is 0.359. The Morgan fingerprint density at radius 3 is 1.37 bits per heavy atom. The second-order valence-corrected chi connectivity index (χ2v) is 9.31. The zero-order valence-corrected chi connectivity index (χ0v) is 23.3. The number of carbonyl (C=O) groups is 2. The monoisotopic (exact) mass is 560 g/mol. The molecule has 0 spiro atoms. The van der Waals surface area contributed by atoms with Crippen LogP contribution < -0.4 is 40.2 Å². The van der Waals surface area contributed by atoms with E-state index in [1.54, 1.807) is 36.4 Å². The van der Waals surface area contributed by atoms with Gasteiger partial charge in [-0.1, -0.05) is 12.8 Å². The summed E-state index contributed by atoms with van der Waals surface area (Å²) in [4.78, 5) is 25.5. The van der Waals surface area contributed by atoms with Crippen LogP contribution in [0.2, 0.25) is 0 Å².